The molecule has 0 fully saturated rings. The number of hydrogen-bond donors (Lipinski definition) is 4. The van der Waals surface area contributed by atoms with Crippen molar-refractivity contribution in [2.75, 3.05) is 26.3 Å². The zero-order valence-corrected chi connectivity index (χ0v) is 18.0. The van der Waals surface area contributed by atoms with Crippen LogP contribution in [0.1, 0.15) is 23.7 Å². The van der Waals surface area contributed by atoms with Gasteiger partial charge in [-0.2, -0.15) is 0 Å². The monoisotopic (exact) mass is 408 g/mol. The van der Waals surface area contributed by atoms with Crippen molar-refractivity contribution in [3.63, 3.8) is 0 Å². The summed E-state index contributed by atoms with van der Waals surface area (Å²) in [6.07, 6.45) is 9.37. The fourth-order valence-electron chi connectivity index (χ4n) is 3.05. The van der Waals surface area contributed by atoms with Crippen LogP contribution in [0.3, 0.4) is 0 Å². The molecular formula is C24H36N6. The van der Waals surface area contributed by atoms with Crippen LogP contribution < -0.4 is 22.1 Å². The van der Waals surface area contributed by atoms with Crippen LogP contribution in [0.5, 0.6) is 0 Å². The van der Waals surface area contributed by atoms with E-state index in [0.717, 1.165) is 50.6 Å². The Hall–Kier alpha value is -2.51. The van der Waals surface area contributed by atoms with Crippen molar-refractivity contribution in [2.24, 2.45) is 17.4 Å². The second-order valence-electron chi connectivity index (χ2n) is 7.43. The maximum Gasteiger partial charge on any atom is 0.0542 e. The van der Waals surface area contributed by atoms with Gasteiger partial charge in [0, 0.05) is 52.1 Å². The van der Waals surface area contributed by atoms with Gasteiger partial charge in [0.05, 0.1) is 5.69 Å². The van der Waals surface area contributed by atoms with Crippen LogP contribution in [-0.2, 0) is 19.6 Å². The highest BCUT2D eigenvalue weighted by molar-refractivity contribution is 5.22. The maximum atomic E-state index is 5.72. The molecule has 162 valence electrons. The summed E-state index contributed by atoms with van der Waals surface area (Å²) in [7, 11) is 0. The molecule has 0 spiro atoms. The lowest BCUT2D eigenvalue weighted by atomic mass is 10.1. The van der Waals surface area contributed by atoms with Gasteiger partial charge in [-0.05, 0) is 41.5 Å². The first kappa shape index (κ1) is 23.8. The van der Waals surface area contributed by atoms with Crippen molar-refractivity contribution in [2.45, 2.75) is 26.6 Å². The summed E-state index contributed by atoms with van der Waals surface area (Å²) in [5.74, 6) is 0.459. The Morgan fingerprint density at radius 1 is 1.07 bits per heavy atom. The van der Waals surface area contributed by atoms with Crippen LogP contribution in [0, 0.1) is 5.92 Å². The lowest BCUT2D eigenvalue weighted by Crippen LogP contribution is -2.38. The second kappa shape index (κ2) is 14.5. The molecular weight excluding hydrogens is 372 g/mol. The van der Waals surface area contributed by atoms with Gasteiger partial charge in [0.1, 0.15) is 0 Å². The topological polar surface area (TPSA) is 92.2 Å². The predicted molar refractivity (Wildman–Crippen MR) is 125 cm³/mol. The van der Waals surface area contributed by atoms with E-state index in [0.29, 0.717) is 12.5 Å². The Balaban J connectivity index is 1.82. The van der Waals surface area contributed by atoms with Gasteiger partial charge in [-0.3, -0.25) is 15.2 Å². The van der Waals surface area contributed by atoms with Crippen LogP contribution >= 0.6 is 0 Å². The highest BCUT2D eigenvalue weighted by Gasteiger charge is 2.07. The quantitative estimate of drug-likeness (QED) is 0.218. The van der Waals surface area contributed by atoms with Gasteiger partial charge >= 0.3 is 0 Å². The molecule has 1 unspecified atom stereocenters. The van der Waals surface area contributed by atoms with E-state index in [2.05, 4.69) is 57.8 Å². The number of pyridine rings is 1. The smallest absolute Gasteiger partial charge is 0.0542 e. The standard InChI is InChI=1S/C24H36N6/c1-21(6-2-4-12-25)17-27-14-15-30(19-23-10-8-22(16-26)9-11-23)20-28-18-24-7-3-5-13-29-24/h2-13,21,27-28H,14-20,25-26H2,1H3/b6-2-,12-4-. The van der Waals surface area contributed by atoms with E-state index in [4.69, 9.17) is 11.5 Å². The second-order valence-corrected chi connectivity index (χ2v) is 7.43. The Bertz CT molecular complexity index is 742. The number of nitrogens with two attached hydrogens (primary N) is 2. The molecule has 0 saturated carbocycles. The molecule has 1 aromatic carbocycles. The molecule has 0 radical (unpaired) electrons. The van der Waals surface area contributed by atoms with Crippen LogP contribution in [0.4, 0.5) is 0 Å². The number of aromatic nitrogens is 1. The largest absolute Gasteiger partial charge is 0.405 e. The van der Waals surface area contributed by atoms with Crippen LogP contribution in [-0.4, -0.2) is 36.2 Å². The molecule has 1 atom stereocenters. The molecule has 0 aliphatic rings. The summed E-state index contributed by atoms with van der Waals surface area (Å²) in [6.45, 7) is 8.03. The van der Waals surface area contributed by atoms with E-state index < -0.39 is 0 Å². The third kappa shape index (κ3) is 9.80. The molecule has 0 amide bonds. The number of benzene rings is 1. The SMILES string of the molecule is CC(/C=C\C=C/N)CNCCN(CNCc1ccccn1)Cc1ccc(CN)cc1. The molecule has 0 aliphatic carbocycles. The van der Waals surface area contributed by atoms with Crippen molar-refractivity contribution < 1.29 is 0 Å². The first-order valence-corrected chi connectivity index (χ1v) is 10.6. The Morgan fingerprint density at radius 3 is 2.57 bits per heavy atom. The van der Waals surface area contributed by atoms with Gasteiger partial charge < -0.3 is 16.8 Å². The van der Waals surface area contributed by atoms with Crippen molar-refractivity contribution in [1.29, 1.82) is 0 Å². The third-order valence-electron chi connectivity index (χ3n) is 4.77. The highest BCUT2D eigenvalue weighted by Crippen LogP contribution is 2.07. The normalized spacial score (nSPS) is 12.9. The van der Waals surface area contributed by atoms with E-state index in [1.807, 2.05) is 36.5 Å². The lowest BCUT2D eigenvalue weighted by Gasteiger charge is -2.23. The molecule has 0 bridgehead atoms. The molecule has 1 heterocycles. The minimum atomic E-state index is 0.459. The summed E-state index contributed by atoms with van der Waals surface area (Å²) in [5, 5.41) is 7.06. The molecule has 2 rings (SSSR count). The minimum absolute atomic E-state index is 0.459. The highest BCUT2D eigenvalue weighted by atomic mass is 15.2. The first-order chi connectivity index (χ1) is 14.7. The maximum absolute atomic E-state index is 5.72. The van der Waals surface area contributed by atoms with E-state index in [9.17, 15) is 0 Å². The van der Waals surface area contributed by atoms with E-state index in [-0.39, 0.29) is 0 Å². The molecule has 2 aromatic rings. The Morgan fingerprint density at radius 2 is 1.87 bits per heavy atom. The van der Waals surface area contributed by atoms with E-state index in [1.165, 1.54) is 5.56 Å². The van der Waals surface area contributed by atoms with Gasteiger partial charge in [0.15, 0.2) is 0 Å². The molecule has 0 saturated heterocycles. The molecule has 1 aromatic heterocycles. The number of nitrogens with zero attached hydrogens (tertiary/aromatic N) is 2. The van der Waals surface area contributed by atoms with Crippen molar-refractivity contribution in [1.82, 2.24) is 20.5 Å². The number of rotatable bonds is 14. The minimum Gasteiger partial charge on any atom is -0.405 e. The van der Waals surface area contributed by atoms with E-state index in [1.54, 1.807) is 6.20 Å². The fraction of sp³-hybridized carbons (Fsp3) is 0.375. The van der Waals surface area contributed by atoms with Gasteiger partial charge in [0.25, 0.3) is 0 Å². The summed E-state index contributed by atoms with van der Waals surface area (Å²) < 4.78 is 0. The summed E-state index contributed by atoms with van der Waals surface area (Å²) in [6, 6.07) is 14.5. The number of hydrogen-bond acceptors (Lipinski definition) is 6. The van der Waals surface area contributed by atoms with Crippen LogP contribution in [0.25, 0.3) is 0 Å². The number of allylic oxidation sites excluding steroid dienone is 2. The van der Waals surface area contributed by atoms with E-state index >= 15 is 0 Å². The molecule has 0 aliphatic heterocycles. The lowest BCUT2D eigenvalue weighted by molar-refractivity contribution is 0.242. The van der Waals surface area contributed by atoms with Gasteiger partial charge in [-0.1, -0.05) is 49.4 Å². The van der Waals surface area contributed by atoms with Gasteiger partial charge in [-0.15, -0.1) is 0 Å². The van der Waals surface area contributed by atoms with Crippen LogP contribution in [0.2, 0.25) is 0 Å². The first-order valence-electron chi connectivity index (χ1n) is 10.6. The summed E-state index contributed by atoms with van der Waals surface area (Å²) in [4.78, 5) is 6.79. The fourth-order valence-corrected chi connectivity index (χ4v) is 3.05. The molecule has 30 heavy (non-hydrogen) atoms. The Labute approximate surface area is 181 Å². The number of nitrogens with one attached hydrogen (secondary N) is 2. The predicted octanol–water partition coefficient (Wildman–Crippen LogP) is 2.34. The average Bonchev–Trinajstić information content (AvgIpc) is 2.78. The summed E-state index contributed by atoms with van der Waals surface area (Å²) in [5.41, 5.74) is 14.6. The van der Waals surface area contributed by atoms with Crippen molar-refractivity contribution >= 4 is 0 Å². The van der Waals surface area contributed by atoms with Gasteiger partial charge in [-0.25, -0.2) is 0 Å². The van der Waals surface area contributed by atoms with Crippen molar-refractivity contribution in [3.05, 3.63) is 89.9 Å². The summed E-state index contributed by atoms with van der Waals surface area (Å²) >= 11 is 0. The zero-order chi connectivity index (χ0) is 21.4. The average molecular weight is 409 g/mol. The van der Waals surface area contributed by atoms with Gasteiger partial charge in [0.2, 0.25) is 0 Å². The van der Waals surface area contributed by atoms with Crippen molar-refractivity contribution in [3.8, 4) is 0 Å². The Kier molecular flexibility index (Phi) is 11.5. The molecule has 6 heteroatoms. The molecule has 6 nitrogen and oxygen atoms in total. The van der Waals surface area contributed by atoms with Crippen LogP contribution in [0.15, 0.2) is 73.1 Å². The zero-order valence-electron chi connectivity index (χ0n) is 18.0. The third-order valence-corrected chi connectivity index (χ3v) is 4.77. The molecule has 6 N–H and O–H groups in total.